The van der Waals surface area contributed by atoms with Crippen molar-refractivity contribution >= 4 is 11.0 Å². The first kappa shape index (κ1) is 19.8. The van der Waals surface area contributed by atoms with Gasteiger partial charge in [0.15, 0.2) is 5.76 Å². The van der Waals surface area contributed by atoms with Gasteiger partial charge in [-0.15, -0.1) is 0 Å². The fraction of sp³-hybridized carbons (Fsp3) is 0.192. The quantitative estimate of drug-likeness (QED) is 0.361. The fourth-order valence-corrected chi connectivity index (χ4v) is 3.21. The molecule has 4 rings (SSSR count). The smallest absolute Gasteiger partial charge is 0.235 e. The third-order valence-electron chi connectivity index (χ3n) is 4.89. The zero-order chi connectivity index (χ0) is 20.9. The molecule has 0 radical (unpaired) electrons. The van der Waals surface area contributed by atoms with Gasteiger partial charge in [-0.05, 0) is 38.1 Å². The number of aryl methyl sites for hydroxylation is 2. The first-order chi connectivity index (χ1) is 14.6. The summed E-state index contributed by atoms with van der Waals surface area (Å²) in [5.74, 6) is 1.53. The molecular formula is C26H24O4. The topological polar surface area (TPSA) is 48.7 Å². The minimum atomic E-state index is -0.160. The van der Waals surface area contributed by atoms with Crippen molar-refractivity contribution in [2.45, 2.75) is 20.3 Å². The molecule has 0 spiro atoms. The number of hydrogen-bond acceptors (Lipinski definition) is 4. The third kappa shape index (κ3) is 4.38. The third-order valence-corrected chi connectivity index (χ3v) is 4.89. The maximum Gasteiger partial charge on any atom is 0.235 e. The molecule has 4 aromatic rings. The second kappa shape index (κ2) is 8.87. The van der Waals surface area contributed by atoms with Crippen LogP contribution in [0.15, 0.2) is 82.0 Å². The molecule has 0 unspecified atom stereocenters. The van der Waals surface area contributed by atoms with E-state index < -0.39 is 0 Å². The average molecular weight is 400 g/mol. The molecule has 1 aromatic heterocycles. The minimum Gasteiger partial charge on any atom is -0.493 e. The van der Waals surface area contributed by atoms with E-state index in [0.717, 1.165) is 16.9 Å². The number of hydrogen-bond donors (Lipinski definition) is 0. The number of benzene rings is 3. The van der Waals surface area contributed by atoms with Crippen molar-refractivity contribution in [2.75, 3.05) is 13.2 Å². The summed E-state index contributed by atoms with van der Waals surface area (Å²) in [6.07, 6.45) is 0.646. The summed E-state index contributed by atoms with van der Waals surface area (Å²) in [7, 11) is 0. The van der Waals surface area contributed by atoms with Gasteiger partial charge in [-0.3, -0.25) is 4.79 Å². The molecule has 0 bridgehead atoms. The van der Waals surface area contributed by atoms with E-state index in [-0.39, 0.29) is 11.2 Å². The molecule has 1 heterocycles. The van der Waals surface area contributed by atoms with Gasteiger partial charge < -0.3 is 13.9 Å². The van der Waals surface area contributed by atoms with E-state index in [1.807, 2.05) is 74.5 Å². The van der Waals surface area contributed by atoms with E-state index in [0.29, 0.717) is 36.4 Å². The molecule has 4 heteroatoms. The van der Waals surface area contributed by atoms with E-state index in [1.165, 1.54) is 5.56 Å². The SMILES string of the molecule is Cc1ccc(OCCCOc2c(-c3ccc(C)cc3)oc3ccccc3c2=O)cc1. The molecule has 0 saturated carbocycles. The van der Waals surface area contributed by atoms with E-state index in [2.05, 4.69) is 0 Å². The highest BCUT2D eigenvalue weighted by atomic mass is 16.5. The lowest BCUT2D eigenvalue weighted by atomic mass is 10.1. The van der Waals surface area contributed by atoms with Crippen LogP contribution in [0.4, 0.5) is 0 Å². The minimum absolute atomic E-state index is 0.160. The second-order valence-electron chi connectivity index (χ2n) is 7.32. The Kier molecular flexibility index (Phi) is 5.84. The van der Waals surface area contributed by atoms with Crippen LogP contribution in [0.3, 0.4) is 0 Å². The fourth-order valence-electron chi connectivity index (χ4n) is 3.21. The Morgan fingerprint density at radius 1 is 0.767 bits per heavy atom. The molecule has 0 N–H and O–H groups in total. The number of fused-ring (bicyclic) bond motifs is 1. The summed E-state index contributed by atoms with van der Waals surface area (Å²) in [5.41, 5.74) is 3.53. The summed E-state index contributed by atoms with van der Waals surface area (Å²) in [5, 5.41) is 0.513. The molecule has 30 heavy (non-hydrogen) atoms. The lowest BCUT2D eigenvalue weighted by Gasteiger charge is -2.12. The molecule has 0 aliphatic heterocycles. The molecule has 0 amide bonds. The lowest BCUT2D eigenvalue weighted by molar-refractivity contribution is 0.244. The van der Waals surface area contributed by atoms with Crippen LogP contribution in [0, 0.1) is 13.8 Å². The number of rotatable bonds is 7. The summed E-state index contributed by atoms with van der Waals surface area (Å²) in [6.45, 7) is 4.92. The Balaban J connectivity index is 1.53. The number of ether oxygens (including phenoxy) is 2. The second-order valence-corrected chi connectivity index (χ2v) is 7.32. The van der Waals surface area contributed by atoms with Crippen LogP contribution in [-0.2, 0) is 0 Å². The normalized spacial score (nSPS) is 10.9. The van der Waals surface area contributed by atoms with Crippen molar-refractivity contribution in [1.29, 1.82) is 0 Å². The Morgan fingerprint density at radius 3 is 2.13 bits per heavy atom. The van der Waals surface area contributed by atoms with E-state index in [9.17, 15) is 4.79 Å². The summed E-state index contributed by atoms with van der Waals surface area (Å²) >= 11 is 0. The predicted molar refractivity (Wildman–Crippen MR) is 119 cm³/mol. The van der Waals surface area contributed by atoms with Gasteiger partial charge in [0.1, 0.15) is 11.3 Å². The van der Waals surface area contributed by atoms with Crippen LogP contribution in [0.1, 0.15) is 17.5 Å². The molecule has 0 aliphatic rings. The van der Waals surface area contributed by atoms with Crippen LogP contribution in [0.2, 0.25) is 0 Å². The largest absolute Gasteiger partial charge is 0.493 e. The highest BCUT2D eigenvalue weighted by Crippen LogP contribution is 2.31. The Hall–Kier alpha value is -3.53. The van der Waals surface area contributed by atoms with Gasteiger partial charge >= 0.3 is 0 Å². The first-order valence-corrected chi connectivity index (χ1v) is 10.1. The van der Waals surface area contributed by atoms with Crippen molar-refractivity contribution < 1.29 is 13.9 Å². The molecule has 3 aromatic carbocycles. The van der Waals surface area contributed by atoms with Crippen LogP contribution < -0.4 is 14.9 Å². The van der Waals surface area contributed by atoms with Crippen molar-refractivity contribution in [3.05, 3.63) is 94.1 Å². The van der Waals surface area contributed by atoms with Crippen LogP contribution in [0.5, 0.6) is 11.5 Å². The molecule has 152 valence electrons. The first-order valence-electron chi connectivity index (χ1n) is 10.1. The van der Waals surface area contributed by atoms with Crippen LogP contribution in [-0.4, -0.2) is 13.2 Å². The van der Waals surface area contributed by atoms with Gasteiger partial charge in [0, 0.05) is 12.0 Å². The summed E-state index contributed by atoms with van der Waals surface area (Å²) in [4.78, 5) is 13.1. The molecular weight excluding hydrogens is 376 g/mol. The highest BCUT2D eigenvalue weighted by Gasteiger charge is 2.17. The van der Waals surface area contributed by atoms with Crippen molar-refractivity contribution in [1.82, 2.24) is 0 Å². The summed E-state index contributed by atoms with van der Waals surface area (Å²) < 4.78 is 17.8. The van der Waals surface area contributed by atoms with E-state index in [1.54, 1.807) is 12.1 Å². The van der Waals surface area contributed by atoms with Gasteiger partial charge in [-0.2, -0.15) is 0 Å². The zero-order valence-electron chi connectivity index (χ0n) is 17.2. The molecule has 0 fully saturated rings. The van der Waals surface area contributed by atoms with Crippen LogP contribution >= 0.6 is 0 Å². The number of para-hydroxylation sites is 1. The van der Waals surface area contributed by atoms with Gasteiger partial charge in [0.2, 0.25) is 11.2 Å². The predicted octanol–water partition coefficient (Wildman–Crippen LogP) is 5.92. The molecule has 0 aliphatic carbocycles. The lowest BCUT2D eigenvalue weighted by Crippen LogP contribution is -2.13. The van der Waals surface area contributed by atoms with Crippen molar-refractivity contribution in [3.63, 3.8) is 0 Å². The zero-order valence-corrected chi connectivity index (χ0v) is 17.2. The maximum absolute atomic E-state index is 13.1. The van der Waals surface area contributed by atoms with Crippen molar-refractivity contribution in [3.8, 4) is 22.8 Å². The Labute approximate surface area is 175 Å². The van der Waals surface area contributed by atoms with Gasteiger partial charge in [-0.1, -0.05) is 59.7 Å². The Morgan fingerprint density at radius 2 is 1.40 bits per heavy atom. The molecule has 0 atom stereocenters. The van der Waals surface area contributed by atoms with Gasteiger partial charge in [0.25, 0.3) is 0 Å². The highest BCUT2D eigenvalue weighted by molar-refractivity contribution is 5.81. The van der Waals surface area contributed by atoms with E-state index >= 15 is 0 Å². The van der Waals surface area contributed by atoms with Gasteiger partial charge in [-0.25, -0.2) is 0 Å². The van der Waals surface area contributed by atoms with Crippen LogP contribution in [0.25, 0.3) is 22.3 Å². The average Bonchev–Trinajstić information content (AvgIpc) is 2.76. The molecule has 4 nitrogen and oxygen atoms in total. The monoisotopic (exact) mass is 400 g/mol. The summed E-state index contributed by atoms with van der Waals surface area (Å²) in [6, 6.07) is 23.0. The molecule has 0 saturated heterocycles. The van der Waals surface area contributed by atoms with Gasteiger partial charge in [0.05, 0.1) is 18.6 Å². The van der Waals surface area contributed by atoms with E-state index in [4.69, 9.17) is 13.9 Å². The maximum atomic E-state index is 13.1. The Bertz CT molecular complexity index is 1190. The van der Waals surface area contributed by atoms with Crippen molar-refractivity contribution in [2.24, 2.45) is 0 Å². The standard InChI is InChI=1S/C26H24O4/c1-18-8-12-20(13-9-18)25-26(24(27)22-6-3-4-7-23(22)30-25)29-17-5-16-28-21-14-10-19(2)11-15-21/h3-4,6-15H,5,16-17H2,1-2H3.